The highest BCUT2D eigenvalue weighted by Crippen LogP contribution is 2.49. The van der Waals surface area contributed by atoms with E-state index < -0.39 is 11.7 Å². The number of para-hydroxylation sites is 1. The Kier molecular flexibility index (Phi) is 4.23. The molecule has 5 heteroatoms. The van der Waals surface area contributed by atoms with Crippen LogP contribution in [0.3, 0.4) is 0 Å². The molecule has 0 bridgehead atoms. The van der Waals surface area contributed by atoms with Gasteiger partial charge in [0.25, 0.3) is 0 Å². The van der Waals surface area contributed by atoms with Gasteiger partial charge in [-0.1, -0.05) is 25.1 Å². The van der Waals surface area contributed by atoms with Crippen LogP contribution in [0.1, 0.15) is 34.1 Å². The second-order valence-corrected chi connectivity index (χ2v) is 5.90. The Balaban J connectivity index is 0.000000361. The van der Waals surface area contributed by atoms with E-state index in [9.17, 15) is 4.79 Å². The number of hydrogen-bond acceptors (Lipinski definition) is 3. The molecule has 0 saturated carbocycles. The molecule has 2 aliphatic heterocycles. The van der Waals surface area contributed by atoms with Gasteiger partial charge in [-0.15, -0.1) is 0 Å². The number of anilines is 1. The summed E-state index contributed by atoms with van der Waals surface area (Å²) in [6, 6.07) is 8.05. The van der Waals surface area contributed by atoms with Crippen LogP contribution >= 0.6 is 0 Å². The Bertz CT molecular complexity index is 612. The van der Waals surface area contributed by atoms with E-state index in [-0.39, 0.29) is 0 Å². The lowest BCUT2D eigenvalue weighted by Crippen LogP contribution is -2.26. The number of aliphatic hydroxyl groups excluding tert-OH is 1. The molecule has 3 rings (SSSR count). The highest BCUT2D eigenvalue weighted by atomic mass is 16.6. The van der Waals surface area contributed by atoms with Crippen molar-refractivity contribution in [3.8, 4) is 5.69 Å². The van der Waals surface area contributed by atoms with E-state index in [4.69, 9.17) is 9.84 Å². The lowest BCUT2D eigenvalue weighted by molar-refractivity contribution is 0.0636. The van der Waals surface area contributed by atoms with Crippen molar-refractivity contribution in [3.05, 3.63) is 24.3 Å². The first-order valence-electron chi connectivity index (χ1n) is 7.13. The molecule has 0 fully saturated rings. The third kappa shape index (κ3) is 3.36. The van der Waals surface area contributed by atoms with Gasteiger partial charge in [-0.2, -0.15) is 0 Å². The Labute approximate surface area is 124 Å². The summed E-state index contributed by atoms with van der Waals surface area (Å²) in [7, 11) is 0. The molecular formula is C16H22N2O3. The van der Waals surface area contributed by atoms with Crippen molar-refractivity contribution >= 4 is 22.8 Å². The van der Waals surface area contributed by atoms with Crippen LogP contribution in [-0.4, -0.2) is 28.0 Å². The van der Waals surface area contributed by atoms with E-state index in [2.05, 4.69) is 5.32 Å². The minimum atomic E-state index is -0.467. The Morgan fingerprint density at radius 1 is 1.33 bits per heavy atom. The van der Waals surface area contributed by atoms with Gasteiger partial charge in [0.05, 0.1) is 11.2 Å². The third-order valence-electron chi connectivity index (χ3n) is 2.86. The van der Waals surface area contributed by atoms with Crippen LogP contribution in [0.5, 0.6) is 0 Å². The summed E-state index contributed by atoms with van der Waals surface area (Å²) in [5.74, 6) is 0.848. The number of fused-ring (bicyclic) bond motifs is 4. The van der Waals surface area contributed by atoms with Crippen LogP contribution < -0.4 is 5.32 Å². The van der Waals surface area contributed by atoms with Crippen LogP contribution in [0.25, 0.3) is 16.6 Å². The molecule has 2 aliphatic rings. The molecule has 2 heterocycles. The lowest BCUT2D eigenvalue weighted by atomic mass is 10.2. The van der Waals surface area contributed by atoms with E-state index in [1.807, 2.05) is 56.5 Å². The predicted octanol–water partition coefficient (Wildman–Crippen LogP) is 3.68. The maximum Gasteiger partial charge on any atom is 0.413 e. The van der Waals surface area contributed by atoms with Crippen LogP contribution in [0.4, 0.5) is 10.6 Å². The summed E-state index contributed by atoms with van der Waals surface area (Å²) in [5.41, 5.74) is 1.78. The minimum Gasteiger partial charge on any atom is -0.444 e. The first-order chi connectivity index (χ1) is 9.89. The fourth-order valence-corrected chi connectivity index (χ4v) is 1.98. The SMILES string of the molecule is CC(C)(C)OC(=O)Nc1c2c3ccccc3n1-2.CCCO. The molecule has 0 aromatic heterocycles. The fraction of sp³-hybridized carbons (Fsp3) is 0.438. The standard InChI is InChI=1S/C13H14N2O2.C3H8O/c1-13(2,3)17-12(16)14-11-10-8-6-4-5-7-9(8)15(10)11;1-2-3-4/h4-7H,1-3H3,(H,14,16);4H,2-3H2,1H3. The molecule has 0 spiro atoms. The summed E-state index contributed by atoms with van der Waals surface area (Å²) < 4.78 is 7.21. The molecule has 0 radical (unpaired) electrons. The summed E-state index contributed by atoms with van der Waals surface area (Å²) >= 11 is 0. The second kappa shape index (κ2) is 5.77. The predicted molar refractivity (Wildman–Crippen MR) is 84.1 cm³/mol. The summed E-state index contributed by atoms with van der Waals surface area (Å²) in [6.07, 6.45) is 0.473. The average molecular weight is 290 g/mol. The Morgan fingerprint density at radius 3 is 2.48 bits per heavy atom. The normalized spacial score (nSPS) is 11.7. The largest absolute Gasteiger partial charge is 0.444 e. The van der Waals surface area contributed by atoms with Crippen molar-refractivity contribution in [3.63, 3.8) is 0 Å². The van der Waals surface area contributed by atoms with Crippen molar-refractivity contribution in [2.45, 2.75) is 39.7 Å². The molecule has 2 N–H and O–H groups in total. The number of aromatic nitrogens is 1. The number of rotatable bonds is 2. The maximum absolute atomic E-state index is 11.6. The monoisotopic (exact) mass is 290 g/mol. The fourth-order valence-electron chi connectivity index (χ4n) is 1.98. The average Bonchev–Trinajstić information content (AvgIpc) is 3.00. The van der Waals surface area contributed by atoms with Gasteiger partial charge in [-0.3, -0.25) is 9.88 Å². The van der Waals surface area contributed by atoms with Gasteiger partial charge in [-0.25, -0.2) is 4.79 Å². The van der Waals surface area contributed by atoms with Gasteiger partial charge < -0.3 is 9.84 Å². The van der Waals surface area contributed by atoms with Gasteiger partial charge >= 0.3 is 6.09 Å². The third-order valence-corrected chi connectivity index (χ3v) is 2.86. The quantitative estimate of drug-likeness (QED) is 0.756. The number of carbonyl (C=O) groups is 1. The number of amides is 1. The van der Waals surface area contributed by atoms with Gasteiger partial charge in [0.1, 0.15) is 11.4 Å². The number of carbonyl (C=O) groups excluding carboxylic acids is 1. The number of ether oxygens (including phenoxy) is 1. The Morgan fingerprint density at radius 2 is 1.95 bits per heavy atom. The molecule has 1 aromatic rings. The molecule has 0 aliphatic carbocycles. The number of nitrogens with one attached hydrogen (secondary N) is 1. The van der Waals surface area contributed by atoms with E-state index in [0.717, 1.165) is 23.4 Å². The first-order valence-corrected chi connectivity index (χ1v) is 7.13. The summed E-state index contributed by atoms with van der Waals surface area (Å²) in [5, 5.41) is 11.8. The van der Waals surface area contributed by atoms with Gasteiger partial charge in [0.15, 0.2) is 0 Å². The maximum atomic E-state index is 11.6. The van der Waals surface area contributed by atoms with Crippen LogP contribution in [0.2, 0.25) is 0 Å². The lowest BCUT2D eigenvalue weighted by Gasteiger charge is -2.18. The smallest absolute Gasteiger partial charge is 0.413 e. The van der Waals surface area contributed by atoms with Crippen LogP contribution in [0, 0.1) is 0 Å². The van der Waals surface area contributed by atoms with Crippen molar-refractivity contribution < 1.29 is 14.6 Å². The molecule has 0 saturated heterocycles. The molecular weight excluding hydrogens is 268 g/mol. The first kappa shape index (κ1) is 15.4. The van der Waals surface area contributed by atoms with E-state index in [1.54, 1.807) is 0 Å². The van der Waals surface area contributed by atoms with Crippen molar-refractivity contribution in [1.82, 2.24) is 4.57 Å². The summed E-state index contributed by atoms with van der Waals surface area (Å²) in [4.78, 5) is 11.6. The number of hydrogen-bond donors (Lipinski definition) is 2. The molecule has 1 amide bonds. The topological polar surface area (TPSA) is 63.5 Å². The Hall–Kier alpha value is -2.01. The molecule has 21 heavy (non-hydrogen) atoms. The van der Waals surface area contributed by atoms with Crippen molar-refractivity contribution in [1.29, 1.82) is 0 Å². The van der Waals surface area contributed by atoms with Gasteiger partial charge in [0.2, 0.25) is 0 Å². The highest BCUT2D eigenvalue weighted by Gasteiger charge is 2.34. The zero-order chi connectivity index (χ0) is 15.6. The minimum absolute atomic E-state index is 0.319. The van der Waals surface area contributed by atoms with Crippen molar-refractivity contribution in [2.24, 2.45) is 0 Å². The van der Waals surface area contributed by atoms with Crippen LogP contribution in [0.15, 0.2) is 24.3 Å². The highest BCUT2D eigenvalue weighted by molar-refractivity contribution is 6.12. The number of nitrogens with zero attached hydrogens (tertiary/aromatic N) is 1. The number of aliphatic hydroxyl groups is 1. The van der Waals surface area contributed by atoms with Gasteiger partial charge in [0, 0.05) is 12.0 Å². The molecule has 114 valence electrons. The zero-order valence-electron chi connectivity index (χ0n) is 12.9. The molecule has 0 atom stereocenters. The molecule has 5 nitrogen and oxygen atoms in total. The molecule has 1 aromatic carbocycles. The van der Waals surface area contributed by atoms with Crippen molar-refractivity contribution in [2.75, 3.05) is 11.9 Å². The van der Waals surface area contributed by atoms with Crippen LogP contribution in [-0.2, 0) is 4.74 Å². The second-order valence-electron chi connectivity index (χ2n) is 5.90. The van der Waals surface area contributed by atoms with Gasteiger partial charge in [-0.05, 0) is 33.3 Å². The zero-order valence-corrected chi connectivity index (χ0v) is 12.9. The van der Waals surface area contributed by atoms with E-state index in [1.165, 1.54) is 5.39 Å². The molecule has 0 unspecified atom stereocenters. The summed E-state index contributed by atoms with van der Waals surface area (Å²) in [6.45, 7) is 7.79. The number of benzene rings is 1. The van der Waals surface area contributed by atoms with E-state index in [0.29, 0.717) is 6.61 Å². The van der Waals surface area contributed by atoms with E-state index >= 15 is 0 Å².